The van der Waals surface area contributed by atoms with Crippen LogP contribution in [0.25, 0.3) is 10.9 Å². The summed E-state index contributed by atoms with van der Waals surface area (Å²) in [6.07, 6.45) is 0. The molecule has 7 heteroatoms. The predicted molar refractivity (Wildman–Crippen MR) is 108 cm³/mol. The predicted octanol–water partition coefficient (Wildman–Crippen LogP) is 5.02. The van der Waals surface area contributed by atoms with E-state index in [1.54, 1.807) is 34.9 Å². The molecule has 0 N–H and O–H groups in total. The smallest absolute Gasteiger partial charge is 0.262 e. The Labute approximate surface area is 166 Å². The maximum atomic E-state index is 12.9. The van der Waals surface area contributed by atoms with Gasteiger partial charge in [0.2, 0.25) is 0 Å². The summed E-state index contributed by atoms with van der Waals surface area (Å²) in [7, 11) is 0. The fraction of sp³-hybridized carbons (Fsp3) is 0.300. The molecule has 2 aromatic carbocycles. The van der Waals surface area contributed by atoms with Crippen LogP contribution in [-0.4, -0.2) is 21.9 Å². The summed E-state index contributed by atoms with van der Waals surface area (Å²) in [4.78, 5) is 17.6. The van der Waals surface area contributed by atoms with Crippen LogP contribution in [0.1, 0.15) is 13.8 Å². The number of ether oxygens (including phenoxy) is 1. The molecule has 142 valence electrons. The fourth-order valence-electron chi connectivity index (χ4n) is 2.63. The van der Waals surface area contributed by atoms with Gasteiger partial charge in [0.1, 0.15) is 11.6 Å². The molecule has 0 radical (unpaired) electrons. The largest absolute Gasteiger partial charge is 0.493 e. The second kappa shape index (κ2) is 8.76. The van der Waals surface area contributed by atoms with Crippen molar-refractivity contribution in [2.45, 2.75) is 25.5 Å². The molecule has 0 aliphatic carbocycles. The zero-order valence-electron chi connectivity index (χ0n) is 15.1. The third-order valence-corrected chi connectivity index (χ3v) is 5.00. The highest BCUT2D eigenvalue weighted by molar-refractivity contribution is 7.99. The van der Waals surface area contributed by atoms with Crippen LogP contribution < -0.4 is 10.3 Å². The van der Waals surface area contributed by atoms with Gasteiger partial charge in [0.25, 0.3) is 5.56 Å². The molecule has 1 heterocycles. The molecule has 0 bridgehead atoms. The van der Waals surface area contributed by atoms with Gasteiger partial charge in [-0.1, -0.05) is 37.2 Å². The molecule has 0 spiro atoms. The highest BCUT2D eigenvalue weighted by atomic mass is 35.5. The Bertz CT molecular complexity index is 990. The van der Waals surface area contributed by atoms with Crippen LogP contribution in [0.5, 0.6) is 5.75 Å². The van der Waals surface area contributed by atoms with Crippen molar-refractivity contribution in [2.24, 2.45) is 5.92 Å². The van der Waals surface area contributed by atoms with Crippen molar-refractivity contribution in [2.75, 3.05) is 12.4 Å². The van der Waals surface area contributed by atoms with E-state index in [9.17, 15) is 9.18 Å². The van der Waals surface area contributed by atoms with E-state index in [2.05, 4.69) is 18.8 Å². The van der Waals surface area contributed by atoms with Crippen LogP contribution >= 0.6 is 23.4 Å². The Morgan fingerprint density at radius 2 is 1.96 bits per heavy atom. The lowest BCUT2D eigenvalue weighted by molar-refractivity contribution is 0.343. The molecular weight excluding hydrogens is 387 g/mol. The molecule has 0 fully saturated rings. The Balaban J connectivity index is 1.78. The van der Waals surface area contributed by atoms with Crippen LogP contribution in [0, 0.1) is 11.7 Å². The highest BCUT2D eigenvalue weighted by Gasteiger charge is 2.13. The van der Waals surface area contributed by atoms with Crippen molar-refractivity contribution in [3.8, 4) is 5.75 Å². The average Bonchev–Trinajstić information content (AvgIpc) is 2.63. The van der Waals surface area contributed by atoms with Crippen LogP contribution in [-0.2, 0) is 6.54 Å². The van der Waals surface area contributed by atoms with Gasteiger partial charge in [-0.2, -0.15) is 0 Å². The van der Waals surface area contributed by atoms with E-state index in [0.29, 0.717) is 51.7 Å². The van der Waals surface area contributed by atoms with Gasteiger partial charge >= 0.3 is 0 Å². The van der Waals surface area contributed by atoms with Crippen molar-refractivity contribution in [1.29, 1.82) is 0 Å². The van der Waals surface area contributed by atoms with Gasteiger partial charge in [0.05, 0.1) is 17.5 Å². The zero-order valence-corrected chi connectivity index (χ0v) is 16.7. The molecular formula is C20H20ClFN2O2S. The molecule has 0 saturated heterocycles. The summed E-state index contributed by atoms with van der Waals surface area (Å²) in [5.41, 5.74) is 0.546. The molecule has 27 heavy (non-hydrogen) atoms. The first-order chi connectivity index (χ1) is 12.9. The number of hydrogen-bond donors (Lipinski definition) is 0. The maximum absolute atomic E-state index is 12.9. The topological polar surface area (TPSA) is 44.1 Å². The minimum Gasteiger partial charge on any atom is -0.493 e. The number of rotatable bonds is 7. The van der Waals surface area contributed by atoms with Crippen molar-refractivity contribution in [1.82, 2.24) is 9.55 Å². The van der Waals surface area contributed by atoms with Crippen LogP contribution in [0.4, 0.5) is 4.39 Å². The minimum atomic E-state index is -0.296. The second-order valence-corrected chi connectivity index (χ2v) is 8.01. The SMILES string of the molecule is CC(C)Cn1c(SCCOc2ccc(F)cc2)nc2ccc(Cl)cc2c1=O. The molecule has 3 rings (SSSR count). The van der Waals surface area contributed by atoms with Crippen molar-refractivity contribution >= 4 is 34.3 Å². The first-order valence-electron chi connectivity index (χ1n) is 8.65. The Morgan fingerprint density at radius 1 is 1.22 bits per heavy atom. The first kappa shape index (κ1) is 19.7. The van der Waals surface area contributed by atoms with Gasteiger partial charge in [0, 0.05) is 17.3 Å². The Kier molecular flexibility index (Phi) is 6.39. The molecule has 0 atom stereocenters. The van der Waals surface area contributed by atoms with E-state index in [0.717, 1.165) is 0 Å². The number of hydrogen-bond acceptors (Lipinski definition) is 4. The second-order valence-electron chi connectivity index (χ2n) is 6.52. The van der Waals surface area contributed by atoms with E-state index in [4.69, 9.17) is 16.3 Å². The van der Waals surface area contributed by atoms with Crippen LogP contribution in [0.2, 0.25) is 5.02 Å². The van der Waals surface area contributed by atoms with Gasteiger partial charge in [-0.25, -0.2) is 9.37 Å². The third kappa shape index (κ3) is 5.02. The van der Waals surface area contributed by atoms with E-state index in [1.165, 1.54) is 23.9 Å². The van der Waals surface area contributed by atoms with Gasteiger partial charge in [-0.05, 0) is 48.4 Å². The monoisotopic (exact) mass is 406 g/mol. The fourth-order valence-corrected chi connectivity index (χ4v) is 3.63. The van der Waals surface area contributed by atoms with Gasteiger partial charge in [-0.3, -0.25) is 9.36 Å². The normalized spacial score (nSPS) is 11.3. The highest BCUT2D eigenvalue weighted by Crippen LogP contribution is 2.21. The third-order valence-electron chi connectivity index (χ3n) is 3.83. The molecule has 0 aliphatic rings. The number of thioether (sulfide) groups is 1. The number of halogens is 2. The number of nitrogens with zero attached hydrogens (tertiary/aromatic N) is 2. The van der Waals surface area contributed by atoms with Crippen LogP contribution in [0.3, 0.4) is 0 Å². The van der Waals surface area contributed by atoms with Gasteiger partial charge in [-0.15, -0.1) is 0 Å². The molecule has 3 aromatic rings. The van der Waals surface area contributed by atoms with Crippen molar-refractivity contribution in [3.05, 3.63) is 63.7 Å². The molecule has 0 saturated carbocycles. The number of fused-ring (bicyclic) bond motifs is 1. The quantitative estimate of drug-likeness (QED) is 0.314. The first-order valence-corrected chi connectivity index (χ1v) is 10.0. The van der Waals surface area contributed by atoms with Crippen molar-refractivity contribution < 1.29 is 9.13 Å². The summed E-state index contributed by atoms with van der Waals surface area (Å²) in [6.45, 7) is 5.11. The lowest BCUT2D eigenvalue weighted by Gasteiger charge is -2.15. The number of benzene rings is 2. The summed E-state index contributed by atoms with van der Waals surface area (Å²) >= 11 is 7.50. The Morgan fingerprint density at radius 3 is 2.67 bits per heavy atom. The molecule has 1 aromatic heterocycles. The maximum Gasteiger partial charge on any atom is 0.262 e. The summed E-state index contributed by atoms with van der Waals surface area (Å²) in [5, 5.41) is 1.70. The Hall–Kier alpha value is -2.05. The molecule has 0 amide bonds. The molecule has 4 nitrogen and oxygen atoms in total. The summed E-state index contributed by atoms with van der Waals surface area (Å²) in [6, 6.07) is 11.1. The average molecular weight is 407 g/mol. The van der Waals surface area contributed by atoms with Gasteiger partial charge in [0.15, 0.2) is 5.16 Å². The molecule has 0 unspecified atom stereocenters. The molecule has 0 aliphatic heterocycles. The van der Waals surface area contributed by atoms with Crippen molar-refractivity contribution in [3.63, 3.8) is 0 Å². The summed E-state index contributed by atoms with van der Waals surface area (Å²) < 4.78 is 20.2. The summed E-state index contributed by atoms with van der Waals surface area (Å²) in [5.74, 6) is 1.23. The zero-order chi connectivity index (χ0) is 19.4. The minimum absolute atomic E-state index is 0.0850. The standard InChI is InChI=1S/C20H20ClFN2O2S/c1-13(2)12-24-19(25)17-11-14(21)3-8-18(17)23-20(24)27-10-9-26-16-6-4-15(22)5-7-16/h3-8,11,13H,9-10,12H2,1-2H3. The van der Waals surface area contributed by atoms with E-state index >= 15 is 0 Å². The van der Waals surface area contributed by atoms with E-state index in [1.807, 2.05) is 0 Å². The number of aromatic nitrogens is 2. The van der Waals surface area contributed by atoms with E-state index < -0.39 is 0 Å². The lowest BCUT2D eigenvalue weighted by Crippen LogP contribution is -2.25. The van der Waals surface area contributed by atoms with E-state index in [-0.39, 0.29) is 11.4 Å². The lowest BCUT2D eigenvalue weighted by atomic mass is 10.2. The van der Waals surface area contributed by atoms with Crippen LogP contribution in [0.15, 0.2) is 52.4 Å². The van der Waals surface area contributed by atoms with Gasteiger partial charge < -0.3 is 4.74 Å².